The van der Waals surface area contributed by atoms with Crippen LogP contribution in [0.3, 0.4) is 0 Å². The molecule has 0 bridgehead atoms. The van der Waals surface area contributed by atoms with Gasteiger partial charge in [0.05, 0.1) is 12.2 Å². The summed E-state index contributed by atoms with van der Waals surface area (Å²) in [6.45, 7) is 11.4. The molecule has 4 rings (SSSR count). The number of hydrogen-bond acceptors (Lipinski definition) is 5. The zero-order valence-electron chi connectivity index (χ0n) is 18.6. The molecule has 0 radical (unpaired) electrons. The molecule has 0 aliphatic carbocycles. The highest BCUT2D eigenvalue weighted by atomic mass is 35.5. The molecule has 7 nitrogen and oxygen atoms in total. The average molecular weight is 445 g/mol. The minimum absolute atomic E-state index is 0.596. The predicted molar refractivity (Wildman–Crippen MR) is 126 cm³/mol. The minimum atomic E-state index is 0.596. The zero-order valence-corrected chi connectivity index (χ0v) is 19.3. The Balaban J connectivity index is 1.19. The Hall–Kier alpha value is -2.25. The molecule has 2 aromatic rings. The first-order chi connectivity index (χ1) is 15.0. The zero-order chi connectivity index (χ0) is 21.8. The Morgan fingerprint density at radius 2 is 1.77 bits per heavy atom. The number of rotatable bonds is 5. The second-order valence-corrected chi connectivity index (χ2v) is 9.05. The summed E-state index contributed by atoms with van der Waals surface area (Å²) in [5, 5.41) is 0.771. The lowest BCUT2D eigenvalue weighted by Crippen LogP contribution is -2.51. The van der Waals surface area contributed by atoms with Gasteiger partial charge in [-0.05, 0) is 70.0 Å². The highest BCUT2D eigenvalue weighted by Gasteiger charge is 2.22. The monoisotopic (exact) mass is 444 g/mol. The summed E-state index contributed by atoms with van der Waals surface area (Å²) in [6, 6.07) is 8.04. The number of piperidine rings is 1. The summed E-state index contributed by atoms with van der Waals surface area (Å²) in [5.41, 5.74) is 8.52. The molecule has 2 fully saturated rings. The van der Waals surface area contributed by atoms with Crippen molar-refractivity contribution in [2.45, 2.75) is 33.2 Å². The quantitative estimate of drug-likeness (QED) is 0.563. The Bertz CT molecular complexity index is 860. The third-order valence-electron chi connectivity index (χ3n) is 6.45. The van der Waals surface area contributed by atoms with Gasteiger partial charge in [-0.1, -0.05) is 11.6 Å². The van der Waals surface area contributed by atoms with Crippen LogP contribution in [-0.4, -0.2) is 66.6 Å². The highest BCUT2D eigenvalue weighted by molar-refractivity contribution is 6.30. The molecule has 31 heavy (non-hydrogen) atoms. The molecule has 0 amide bonds. The van der Waals surface area contributed by atoms with E-state index >= 15 is 0 Å². The molecule has 2 N–H and O–H groups in total. The number of likely N-dealkylation sites (tertiary alicyclic amines) is 1. The Kier molecular flexibility index (Phi) is 7.02. The molecule has 8 heteroatoms. The molecule has 1 aromatic carbocycles. The number of nitrogens with zero attached hydrogens (tertiary/aromatic N) is 5. The molecule has 3 heterocycles. The molecule has 2 aliphatic heterocycles. The maximum Gasteiger partial charge on any atom is 0.208 e. The molecular weight excluding hydrogens is 412 g/mol. The SMILES string of the molecule is Cc1nc(CN2CCC(CN=C(N)N3CCN(c4ccc(Cl)cc4)CC3)CC2)oc1C. The van der Waals surface area contributed by atoms with E-state index in [9.17, 15) is 0 Å². The number of guanidine groups is 1. The maximum absolute atomic E-state index is 6.32. The van der Waals surface area contributed by atoms with Crippen molar-refractivity contribution in [3.05, 3.63) is 46.6 Å². The second kappa shape index (κ2) is 9.92. The van der Waals surface area contributed by atoms with Gasteiger partial charge in [0.1, 0.15) is 5.76 Å². The standard InChI is InChI=1S/C23H33ClN6O/c1-17-18(2)31-22(27-17)16-28-9-7-19(8-10-28)15-26-23(25)30-13-11-29(12-14-30)21-5-3-20(24)4-6-21/h3-6,19H,7-16H2,1-2H3,(H2,25,26). The van der Waals surface area contributed by atoms with Gasteiger partial charge in [0.2, 0.25) is 5.89 Å². The van der Waals surface area contributed by atoms with Gasteiger partial charge in [0.15, 0.2) is 5.96 Å². The van der Waals surface area contributed by atoms with E-state index in [1.54, 1.807) is 0 Å². The van der Waals surface area contributed by atoms with Gasteiger partial charge in [-0.25, -0.2) is 4.98 Å². The number of halogens is 1. The number of aliphatic imine (C=N–C) groups is 1. The number of benzene rings is 1. The number of piperazine rings is 1. The molecule has 0 saturated carbocycles. The normalized spacial score (nSPS) is 19.3. The van der Waals surface area contributed by atoms with Crippen molar-refractivity contribution < 1.29 is 4.42 Å². The Labute approximate surface area is 189 Å². The lowest BCUT2D eigenvalue weighted by Gasteiger charge is -2.37. The molecule has 0 atom stereocenters. The van der Waals surface area contributed by atoms with E-state index in [1.165, 1.54) is 5.69 Å². The van der Waals surface area contributed by atoms with Crippen molar-refractivity contribution in [3.8, 4) is 0 Å². The lowest BCUT2D eigenvalue weighted by molar-refractivity contribution is 0.166. The fourth-order valence-electron chi connectivity index (χ4n) is 4.29. The number of oxazole rings is 1. The second-order valence-electron chi connectivity index (χ2n) is 8.62. The number of aryl methyl sites for hydroxylation is 2. The number of anilines is 1. The van der Waals surface area contributed by atoms with E-state index < -0.39 is 0 Å². The summed E-state index contributed by atoms with van der Waals surface area (Å²) < 4.78 is 5.72. The summed E-state index contributed by atoms with van der Waals surface area (Å²) in [5.74, 6) is 3.03. The van der Waals surface area contributed by atoms with Gasteiger partial charge in [0, 0.05) is 43.4 Å². The third-order valence-corrected chi connectivity index (χ3v) is 6.70. The van der Waals surface area contributed by atoms with Crippen LogP contribution >= 0.6 is 11.6 Å². The van der Waals surface area contributed by atoms with E-state index in [1.807, 2.05) is 26.0 Å². The molecule has 168 valence electrons. The summed E-state index contributed by atoms with van der Waals surface area (Å²) in [4.78, 5) is 16.2. The molecule has 0 spiro atoms. The lowest BCUT2D eigenvalue weighted by atomic mass is 9.97. The number of hydrogen-bond donors (Lipinski definition) is 1. The van der Waals surface area contributed by atoms with Gasteiger partial charge in [-0.2, -0.15) is 0 Å². The van der Waals surface area contributed by atoms with Crippen molar-refractivity contribution in [1.82, 2.24) is 14.8 Å². The van der Waals surface area contributed by atoms with E-state index in [0.29, 0.717) is 11.9 Å². The number of aromatic nitrogens is 1. The topological polar surface area (TPSA) is 74.1 Å². The van der Waals surface area contributed by atoms with Crippen LogP contribution in [0.25, 0.3) is 0 Å². The molecule has 2 saturated heterocycles. The van der Waals surface area contributed by atoms with Crippen molar-refractivity contribution in [3.63, 3.8) is 0 Å². The van der Waals surface area contributed by atoms with Gasteiger partial charge < -0.3 is 20.0 Å². The van der Waals surface area contributed by atoms with E-state index in [0.717, 1.165) is 87.6 Å². The van der Waals surface area contributed by atoms with Crippen LogP contribution in [0.1, 0.15) is 30.2 Å². The fraction of sp³-hybridized carbons (Fsp3) is 0.565. The Morgan fingerprint density at radius 3 is 2.39 bits per heavy atom. The largest absolute Gasteiger partial charge is 0.444 e. The maximum atomic E-state index is 6.32. The fourth-order valence-corrected chi connectivity index (χ4v) is 4.42. The van der Waals surface area contributed by atoms with Crippen LogP contribution in [0.5, 0.6) is 0 Å². The highest BCUT2D eigenvalue weighted by Crippen LogP contribution is 2.21. The van der Waals surface area contributed by atoms with Gasteiger partial charge in [-0.15, -0.1) is 0 Å². The summed E-state index contributed by atoms with van der Waals surface area (Å²) in [6.07, 6.45) is 2.28. The van der Waals surface area contributed by atoms with Crippen LogP contribution < -0.4 is 10.6 Å². The van der Waals surface area contributed by atoms with Crippen LogP contribution in [0.4, 0.5) is 5.69 Å². The van der Waals surface area contributed by atoms with Gasteiger partial charge >= 0.3 is 0 Å². The number of nitrogens with two attached hydrogens (primary N) is 1. The van der Waals surface area contributed by atoms with Crippen LogP contribution in [0.15, 0.2) is 33.7 Å². The van der Waals surface area contributed by atoms with E-state index in [4.69, 9.17) is 26.7 Å². The first-order valence-electron chi connectivity index (χ1n) is 11.2. The van der Waals surface area contributed by atoms with Crippen molar-refractivity contribution in [2.75, 3.05) is 50.7 Å². The van der Waals surface area contributed by atoms with Crippen molar-refractivity contribution in [1.29, 1.82) is 0 Å². The van der Waals surface area contributed by atoms with Crippen LogP contribution in [-0.2, 0) is 6.54 Å². The Morgan fingerprint density at radius 1 is 1.10 bits per heavy atom. The minimum Gasteiger partial charge on any atom is -0.444 e. The van der Waals surface area contributed by atoms with Gasteiger partial charge in [-0.3, -0.25) is 9.89 Å². The molecule has 1 aromatic heterocycles. The summed E-state index contributed by atoms with van der Waals surface area (Å²) in [7, 11) is 0. The van der Waals surface area contributed by atoms with Crippen LogP contribution in [0.2, 0.25) is 5.02 Å². The van der Waals surface area contributed by atoms with Crippen LogP contribution in [0, 0.1) is 19.8 Å². The molecule has 0 unspecified atom stereocenters. The van der Waals surface area contributed by atoms with Gasteiger partial charge in [0.25, 0.3) is 0 Å². The van der Waals surface area contributed by atoms with E-state index in [2.05, 4.69) is 31.8 Å². The first kappa shape index (κ1) is 22.0. The smallest absolute Gasteiger partial charge is 0.208 e. The predicted octanol–water partition coefficient (Wildman–Crippen LogP) is 3.29. The summed E-state index contributed by atoms with van der Waals surface area (Å²) >= 11 is 6.00. The van der Waals surface area contributed by atoms with Crippen molar-refractivity contribution >= 4 is 23.2 Å². The molecular formula is C23H33ClN6O. The first-order valence-corrected chi connectivity index (χ1v) is 11.6. The van der Waals surface area contributed by atoms with E-state index in [-0.39, 0.29) is 0 Å². The average Bonchev–Trinajstić information content (AvgIpc) is 3.10. The molecule has 2 aliphatic rings. The third kappa shape index (κ3) is 5.71. The van der Waals surface area contributed by atoms with Crippen molar-refractivity contribution in [2.24, 2.45) is 16.6 Å².